The number of benzene rings is 1. The van der Waals surface area contributed by atoms with Crippen molar-refractivity contribution in [1.82, 2.24) is 0 Å². The van der Waals surface area contributed by atoms with E-state index in [1.54, 1.807) is 32.0 Å². The molecule has 0 aliphatic rings. The van der Waals surface area contributed by atoms with Crippen LogP contribution in [0.4, 0.5) is 0 Å². The van der Waals surface area contributed by atoms with Gasteiger partial charge in [-0.1, -0.05) is 6.07 Å². The smallest absolute Gasteiger partial charge is 0.129 e. The van der Waals surface area contributed by atoms with Gasteiger partial charge in [0.25, 0.3) is 0 Å². The Morgan fingerprint density at radius 2 is 1.73 bits per heavy atom. The molecule has 0 N–H and O–H groups in total. The summed E-state index contributed by atoms with van der Waals surface area (Å²) in [7, 11) is 3.18. The number of hydrogen-bond donors (Lipinski definition) is 0. The Morgan fingerprint density at radius 1 is 1.20 bits per heavy atom. The Kier molecular flexibility index (Phi) is 4.52. The first-order valence-corrected chi connectivity index (χ1v) is 6.02. The summed E-state index contributed by atoms with van der Waals surface area (Å²) in [6, 6.07) is 5.51. The highest BCUT2D eigenvalue weighted by molar-refractivity contribution is 7.93. The molecule has 1 unspecified atom stereocenters. The summed E-state index contributed by atoms with van der Waals surface area (Å²) >= 11 is -0.978. The molecule has 0 heterocycles. The zero-order valence-electron chi connectivity index (χ0n) is 9.02. The Labute approximate surface area is 92.9 Å². The Morgan fingerprint density at radius 3 is 2.13 bits per heavy atom. The van der Waals surface area contributed by atoms with Crippen molar-refractivity contribution in [3.05, 3.63) is 29.2 Å². The fourth-order valence-electron chi connectivity index (χ4n) is 1.21. The van der Waals surface area contributed by atoms with Crippen molar-refractivity contribution in [2.45, 2.75) is 0 Å². The second-order valence-electron chi connectivity index (χ2n) is 2.88. The van der Waals surface area contributed by atoms with Crippen LogP contribution in [0.5, 0.6) is 11.5 Å². The SMILES string of the molecule is COc1cccc(OC)c1/C=C/[S+](C)[O-]. The maximum absolute atomic E-state index is 11.0. The third kappa shape index (κ3) is 3.18. The van der Waals surface area contributed by atoms with Crippen molar-refractivity contribution in [3.63, 3.8) is 0 Å². The van der Waals surface area contributed by atoms with Crippen molar-refractivity contribution in [2.24, 2.45) is 0 Å². The Hall–Kier alpha value is -1.13. The van der Waals surface area contributed by atoms with Gasteiger partial charge in [0.1, 0.15) is 16.9 Å². The van der Waals surface area contributed by atoms with Gasteiger partial charge in [0.05, 0.1) is 26.0 Å². The molecule has 1 aromatic carbocycles. The molecule has 0 radical (unpaired) electrons. The van der Waals surface area contributed by atoms with Crippen LogP contribution in [0.25, 0.3) is 6.08 Å². The second kappa shape index (κ2) is 5.68. The van der Waals surface area contributed by atoms with Crippen LogP contribution in [0.15, 0.2) is 23.6 Å². The van der Waals surface area contributed by atoms with E-state index in [2.05, 4.69) is 0 Å². The van der Waals surface area contributed by atoms with Crippen molar-refractivity contribution in [3.8, 4) is 11.5 Å². The molecule has 82 valence electrons. The van der Waals surface area contributed by atoms with E-state index in [1.807, 2.05) is 18.2 Å². The van der Waals surface area contributed by atoms with Gasteiger partial charge in [-0.3, -0.25) is 0 Å². The molecular weight excluding hydrogens is 212 g/mol. The molecule has 4 heteroatoms. The predicted octanol–water partition coefficient (Wildman–Crippen LogP) is 2.05. The average molecular weight is 226 g/mol. The van der Waals surface area contributed by atoms with E-state index in [-0.39, 0.29) is 0 Å². The van der Waals surface area contributed by atoms with E-state index in [1.165, 1.54) is 0 Å². The van der Waals surface area contributed by atoms with Crippen LogP contribution < -0.4 is 9.47 Å². The Balaban J connectivity index is 3.10. The molecule has 0 saturated carbocycles. The van der Waals surface area contributed by atoms with Gasteiger partial charge in [0.15, 0.2) is 0 Å². The molecule has 15 heavy (non-hydrogen) atoms. The summed E-state index contributed by atoms with van der Waals surface area (Å²) < 4.78 is 21.3. The minimum absolute atomic E-state index is 0.705. The molecule has 0 amide bonds. The molecule has 0 spiro atoms. The number of ether oxygens (including phenoxy) is 2. The van der Waals surface area contributed by atoms with Gasteiger partial charge in [-0.2, -0.15) is 0 Å². The first-order chi connectivity index (χ1) is 7.19. The summed E-state index contributed by atoms with van der Waals surface area (Å²) in [5.41, 5.74) is 0.803. The monoisotopic (exact) mass is 226 g/mol. The van der Waals surface area contributed by atoms with Crippen LogP contribution in [-0.4, -0.2) is 25.0 Å². The van der Waals surface area contributed by atoms with E-state index >= 15 is 0 Å². The standard InChI is InChI=1S/C11H14O3S/c1-13-10-5-4-6-11(14-2)9(10)7-8-15(3)12/h4-8H,1-3H3/b8-7+. The molecule has 1 aromatic rings. The molecule has 3 nitrogen and oxygen atoms in total. The highest BCUT2D eigenvalue weighted by Crippen LogP contribution is 2.29. The second-order valence-corrected chi connectivity index (χ2v) is 4.15. The van der Waals surface area contributed by atoms with Gasteiger partial charge >= 0.3 is 0 Å². The minimum Gasteiger partial charge on any atom is -0.612 e. The minimum atomic E-state index is -0.978. The summed E-state index contributed by atoms with van der Waals surface area (Å²) in [6.07, 6.45) is 3.35. The summed E-state index contributed by atoms with van der Waals surface area (Å²) in [4.78, 5) is 0. The van der Waals surface area contributed by atoms with Gasteiger partial charge in [0, 0.05) is 6.08 Å². The lowest BCUT2D eigenvalue weighted by atomic mass is 10.2. The van der Waals surface area contributed by atoms with Crippen LogP contribution in [0.2, 0.25) is 0 Å². The molecule has 0 aliphatic heterocycles. The third-order valence-corrected chi connectivity index (χ3v) is 2.41. The fraction of sp³-hybridized carbons (Fsp3) is 0.273. The van der Waals surface area contributed by atoms with E-state index in [0.29, 0.717) is 11.5 Å². The van der Waals surface area contributed by atoms with Crippen molar-refractivity contribution in [1.29, 1.82) is 0 Å². The molecule has 1 rings (SSSR count). The number of rotatable bonds is 4. The van der Waals surface area contributed by atoms with Gasteiger partial charge < -0.3 is 14.0 Å². The van der Waals surface area contributed by atoms with E-state index in [9.17, 15) is 4.55 Å². The Bertz CT molecular complexity index is 325. The summed E-state index contributed by atoms with van der Waals surface area (Å²) in [6.45, 7) is 0. The lowest BCUT2D eigenvalue weighted by Gasteiger charge is -2.09. The van der Waals surface area contributed by atoms with Crippen LogP contribution in [0.1, 0.15) is 5.56 Å². The molecule has 0 aliphatic carbocycles. The van der Waals surface area contributed by atoms with E-state index in [0.717, 1.165) is 5.56 Å². The molecule has 0 saturated heterocycles. The quantitative estimate of drug-likeness (QED) is 0.738. The molecular formula is C11H14O3S. The lowest BCUT2D eigenvalue weighted by molar-refractivity contribution is 0.392. The van der Waals surface area contributed by atoms with Crippen LogP contribution >= 0.6 is 0 Å². The van der Waals surface area contributed by atoms with Gasteiger partial charge in [0.2, 0.25) is 0 Å². The first kappa shape index (κ1) is 11.9. The third-order valence-electron chi connectivity index (χ3n) is 1.89. The van der Waals surface area contributed by atoms with Crippen LogP contribution in [-0.2, 0) is 11.2 Å². The number of hydrogen-bond acceptors (Lipinski definition) is 3. The predicted molar refractivity (Wildman–Crippen MR) is 62.6 cm³/mol. The largest absolute Gasteiger partial charge is 0.612 e. The molecule has 0 bridgehead atoms. The van der Waals surface area contributed by atoms with Crippen molar-refractivity contribution in [2.75, 3.05) is 20.5 Å². The van der Waals surface area contributed by atoms with Gasteiger partial charge in [-0.05, 0) is 23.3 Å². The van der Waals surface area contributed by atoms with Crippen LogP contribution in [0, 0.1) is 0 Å². The molecule has 1 atom stereocenters. The summed E-state index contributed by atoms with van der Waals surface area (Å²) in [5, 5.41) is 1.60. The van der Waals surface area contributed by atoms with Crippen molar-refractivity contribution >= 4 is 17.3 Å². The van der Waals surface area contributed by atoms with E-state index < -0.39 is 11.2 Å². The topological polar surface area (TPSA) is 41.5 Å². The highest BCUT2D eigenvalue weighted by Gasteiger charge is 2.06. The highest BCUT2D eigenvalue weighted by atomic mass is 32.2. The number of methoxy groups -OCH3 is 2. The normalized spacial score (nSPS) is 12.8. The first-order valence-electron chi connectivity index (χ1n) is 4.40. The maximum Gasteiger partial charge on any atom is 0.129 e. The van der Waals surface area contributed by atoms with Gasteiger partial charge in [-0.15, -0.1) is 0 Å². The van der Waals surface area contributed by atoms with E-state index in [4.69, 9.17) is 9.47 Å². The fourth-order valence-corrected chi connectivity index (χ4v) is 1.54. The zero-order valence-corrected chi connectivity index (χ0v) is 9.84. The lowest BCUT2D eigenvalue weighted by Crippen LogP contribution is -1.93. The van der Waals surface area contributed by atoms with Crippen molar-refractivity contribution < 1.29 is 14.0 Å². The molecule has 0 aromatic heterocycles. The maximum atomic E-state index is 11.0. The van der Waals surface area contributed by atoms with Gasteiger partial charge in [-0.25, -0.2) is 0 Å². The zero-order chi connectivity index (χ0) is 11.3. The summed E-state index contributed by atoms with van der Waals surface area (Å²) in [5.74, 6) is 1.41. The van der Waals surface area contributed by atoms with Crippen LogP contribution in [0.3, 0.4) is 0 Å². The molecule has 0 fully saturated rings. The average Bonchev–Trinajstić information content (AvgIpc) is 2.25.